The number of hydrogen-bond acceptors (Lipinski definition) is 3. The number of para-hydroxylation sites is 1. The van der Waals surface area contributed by atoms with Gasteiger partial charge in [0, 0.05) is 37.6 Å². The van der Waals surface area contributed by atoms with Crippen LogP contribution in [0.2, 0.25) is 0 Å². The van der Waals surface area contributed by atoms with Crippen molar-refractivity contribution in [1.82, 2.24) is 4.90 Å². The number of urea groups is 1. The number of nitrogens with zero attached hydrogens (tertiary/aromatic N) is 2. The summed E-state index contributed by atoms with van der Waals surface area (Å²) in [5.74, 6) is 0.777. The van der Waals surface area contributed by atoms with Gasteiger partial charge in [-0.3, -0.25) is 0 Å². The minimum atomic E-state index is -0.0519. The van der Waals surface area contributed by atoms with E-state index in [1.165, 1.54) is 11.3 Å². The number of rotatable bonds is 3. The van der Waals surface area contributed by atoms with Crippen molar-refractivity contribution in [3.05, 3.63) is 54.1 Å². The minimum absolute atomic E-state index is 0.0519. The van der Waals surface area contributed by atoms with E-state index in [-0.39, 0.29) is 11.4 Å². The number of anilines is 2. The van der Waals surface area contributed by atoms with Crippen LogP contribution in [0, 0.1) is 0 Å². The van der Waals surface area contributed by atoms with E-state index in [0.717, 1.165) is 24.5 Å². The van der Waals surface area contributed by atoms with Gasteiger partial charge < -0.3 is 19.9 Å². The molecule has 0 aromatic heterocycles. The van der Waals surface area contributed by atoms with E-state index < -0.39 is 0 Å². The number of piperazine rings is 1. The van der Waals surface area contributed by atoms with Crippen molar-refractivity contribution in [3.63, 3.8) is 0 Å². The summed E-state index contributed by atoms with van der Waals surface area (Å²) in [6.45, 7) is 9.81. The first kappa shape index (κ1) is 19.1. The Hall–Kier alpha value is -2.69. The van der Waals surface area contributed by atoms with Crippen LogP contribution in [0.3, 0.4) is 0 Å². The van der Waals surface area contributed by atoms with Crippen molar-refractivity contribution in [2.75, 3.05) is 43.5 Å². The monoisotopic (exact) mass is 367 g/mol. The number of nitrogens with one attached hydrogen (secondary N) is 1. The molecule has 1 aliphatic rings. The van der Waals surface area contributed by atoms with E-state index in [1.54, 1.807) is 7.11 Å². The van der Waals surface area contributed by atoms with Gasteiger partial charge in [0.1, 0.15) is 5.75 Å². The van der Waals surface area contributed by atoms with Crippen LogP contribution in [-0.4, -0.2) is 44.2 Å². The highest BCUT2D eigenvalue weighted by Crippen LogP contribution is 2.32. The molecule has 27 heavy (non-hydrogen) atoms. The van der Waals surface area contributed by atoms with Gasteiger partial charge in [-0.15, -0.1) is 0 Å². The van der Waals surface area contributed by atoms with Gasteiger partial charge in [0.25, 0.3) is 0 Å². The molecule has 2 aromatic carbocycles. The third kappa shape index (κ3) is 4.54. The quantitative estimate of drug-likeness (QED) is 0.877. The van der Waals surface area contributed by atoms with Gasteiger partial charge in [-0.25, -0.2) is 4.79 Å². The lowest BCUT2D eigenvalue weighted by atomic mass is 9.85. The molecule has 5 nitrogen and oxygen atoms in total. The van der Waals surface area contributed by atoms with E-state index in [0.29, 0.717) is 13.1 Å². The molecule has 144 valence electrons. The van der Waals surface area contributed by atoms with Gasteiger partial charge in [-0.2, -0.15) is 0 Å². The topological polar surface area (TPSA) is 44.8 Å². The maximum atomic E-state index is 12.6. The van der Waals surface area contributed by atoms with E-state index >= 15 is 0 Å². The number of hydrogen-bond donors (Lipinski definition) is 1. The molecule has 0 saturated carbocycles. The molecular formula is C22H29N3O2. The maximum absolute atomic E-state index is 12.6. The van der Waals surface area contributed by atoms with Crippen LogP contribution in [-0.2, 0) is 5.41 Å². The number of carbonyl (C=O) groups excluding carboxylic acids is 1. The maximum Gasteiger partial charge on any atom is 0.321 e. The van der Waals surface area contributed by atoms with Crippen LogP contribution in [0.25, 0.3) is 0 Å². The van der Waals surface area contributed by atoms with Crippen LogP contribution < -0.4 is 15.0 Å². The smallest absolute Gasteiger partial charge is 0.321 e. The second-order valence-electron chi connectivity index (χ2n) is 7.90. The summed E-state index contributed by atoms with van der Waals surface area (Å²) in [5, 5.41) is 2.97. The highest BCUT2D eigenvalue weighted by Gasteiger charge is 2.25. The van der Waals surface area contributed by atoms with Crippen LogP contribution in [0.4, 0.5) is 16.2 Å². The van der Waals surface area contributed by atoms with Crippen molar-refractivity contribution in [2.24, 2.45) is 0 Å². The molecule has 1 aliphatic heterocycles. The van der Waals surface area contributed by atoms with Crippen molar-refractivity contribution < 1.29 is 9.53 Å². The van der Waals surface area contributed by atoms with E-state index in [9.17, 15) is 4.79 Å². The average Bonchev–Trinajstić information content (AvgIpc) is 2.68. The predicted molar refractivity (Wildman–Crippen MR) is 111 cm³/mol. The summed E-state index contributed by atoms with van der Waals surface area (Å²) >= 11 is 0. The Labute approximate surface area is 161 Å². The first-order valence-electron chi connectivity index (χ1n) is 9.43. The van der Waals surface area contributed by atoms with Crippen molar-refractivity contribution in [2.45, 2.75) is 26.2 Å². The molecule has 1 N–H and O–H groups in total. The largest absolute Gasteiger partial charge is 0.497 e. The Balaban J connectivity index is 1.61. The fourth-order valence-electron chi connectivity index (χ4n) is 3.41. The molecule has 0 bridgehead atoms. The molecule has 0 atom stereocenters. The van der Waals surface area contributed by atoms with Gasteiger partial charge in [0.15, 0.2) is 0 Å². The number of amides is 2. The van der Waals surface area contributed by atoms with Crippen LogP contribution in [0.15, 0.2) is 48.5 Å². The lowest BCUT2D eigenvalue weighted by molar-refractivity contribution is 0.208. The van der Waals surface area contributed by atoms with Gasteiger partial charge in [-0.05, 0) is 41.3 Å². The summed E-state index contributed by atoms with van der Waals surface area (Å²) in [5.41, 5.74) is 3.50. The Morgan fingerprint density at radius 2 is 1.59 bits per heavy atom. The summed E-state index contributed by atoms with van der Waals surface area (Å²) < 4.78 is 5.15. The zero-order valence-corrected chi connectivity index (χ0v) is 16.7. The molecule has 0 unspecified atom stereocenters. The van der Waals surface area contributed by atoms with Crippen LogP contribution >= 0.6 is 0 Å². The third-order valence-electron chi connectivity index (χ3n) is 4.96. The molecule has 0 radical (unpaired) electrons. The van der Waals surface area contributed by atoms with Crippen molar-refractivity contribution in [3.8, 4) is 5.75 Å². The number of methoxy groups -OCH3 is 1. The first-order chi connectivity index (χ1) is 12.9. The summed E-state index contributed by atoms with van der Waals surface area (Å²) in [6, 6.07) is 15.9. The van der Waals surface area contributed by atoms with E-state index in [2.05, 4.69) is 55.3 Å². The minimum Gasteiger partial charge on any atom is -0.497 e. The standard InChI is InChI=1S/C22H29N3O2/c1-22(2,3)19-7-5-6-8-20(19)24-13-15-25(16-14-24)21(26)23-17-9-11-18(27-4)12-10-17/h5-12H,13-16H2,1-4H3,(H,23,26). The highest BCUT2D eigenvalue weighted by molar-refractivity contribution is 5.89. The van der Waals surface area contributed by atoms with Gasteiger partial charge in [0.05, 0.1) is 7.11 Å². The molecule has 1 saturated heterocycles. The summed E-state index contributed by atoms with van der Waals surface area (Å²) in [7, 11) is 1.63. The SMILES string of the molecule is COc1ccc(NC(=O)N2CCN(c3ccccc3C(C)(C)C)CC2)cc1. The van der Waals surface area contributed by atoms with Crippen LogP contribution in [0.5, 0.6) is 5.75 Å². The molecule has 3 rings (SSSR count). The zero-order valence-electron chi connectivity index (χ0n) is 16.7. The zero-order chi connectivity index (χ0) is 19.4. The fraction of sp³-hybridized carbons (Fsp3) is 0.409. The number of ether oxygens (including phenoxy) is 1. The molecule has 0 spiro atoms. The molecule has 5 heteroatoms. The Kier molecular flexibility index (Phi) is 5.59. The molecule has 0 aliphatic carbocycles. The lowest BCUT2D eigenvalue weighted by Gasteiger charge is -2.38. The second kappa shape index (κ2) is 7.91. The van der Waals surface area contributed by atoms with E-state index in [1.807, 2.05) is 29.2 Å². The average molecular weight is 367 g/mol. The van der Waals surface area contributed by atoms with Gasteiger partial charge in [0.2, 0.25) is 0 Å². The number of benzene rings is 2. The number of carbonyl (C=O) groups is 1. The molecule has 1 heterocycles. The van der Waals surface area contributed by atoms with Crippen molar-refractivity contribution in [1.29, 1.82) is 0 Å². The molecule has 1 fully saturated rings. The molecule has 2 aromatic rings. The van der Waals surface area contributed by atoms with Gasteiger partial charge >= 0.3 is 6.03 Å². The summed E-state index contributed by atoms with van der Waals surface area (Å²) in [4.78, 5) is 16.8. The Bertz CT molecular complexity index is 773. The molecule has 2 amide bonds. The Morgan fingerprint density at radius 1 is 0.963 bits per heavy atom. The highest BCUT2D eigenvalue weighted by atomic mass is 16.5. The lowest BCUT2D eigenvalue weighted by Crippen LogP contribution is -2.50. The molecular weight excluding hydrogens is 338 g/mol. The fourth-order valence-corrected chi connectivity index (χ4v) is 3.41. The van der Waals surface area contributed by atoms with Gasteiger partial charge in [-0.1, -0.05) is 39.0 Å². The second-order valence-corrected chi connectivity index (χ2v) is 7.90. The normalized spacial score (nSPS) is 14.8. The van der Waals surface area contributed by atoms with E-state index in [4.69, 9.17) is 4.74 Å². The predicted octanol–water partition coefficient (Wildman–Crippen LogP) is 4.35. The van der Waals surface area contributed by atoms with Crippen molar-refractivity contribution >= 4 is 17.4 Å². The first-order valence-corrected chi connectivity index (χ1v) is 9.43. The third-order valence-corrected chi connectivity index (χ3v) is 4.96. The Morgan fingerprint density at radius 3 is 2.19 bits per heavy atom. The van der Waals surface area contributed by atoms with Crippen LogP contribution in [0.1, 0.15) is 26.3 Å². The summed E-state index contributed by atoms with van der Waals surface area (Å²) in [6.07, 6.45) is 0.